The van der Waals surface area contributed by atoms with Gasteiger partial charge in [-0.3, -0.25) is 9.36 Å². The summed E-state index contributed by atoms with van der Waals surface area (Å²) in [4.78, 5) is 11.9. The highest BCUT2D eigenvalue weighted by Crippen LogP contribution is 2.42. The van der Waals surface area contributed by atoms with Gasteiger partial charge in [-0.1, -0.05) is 12.8 Å². The Bertz CT molecular complexity index is 705. The predicted octanol–water partition coefficient (Wildman–Crippen LogP) is 2.11. The van der Waals surface area contributed by atoms with Crippen molar-refractivity contribution in [3.05, 3.63) is 29.8 Å². The van der Waals surface area contributed by atoms with Crippen LogP contribution in [0.3, 0.4) is 0 Å². The zero-order valence-corrected chi connectivity index (χ0v) is 16.1. The molecule has 0 spiro atoms. The van der Waals surface area contributed by atoms with Gasteiger partial charge in [0.05, 0.1) is 11.5 Å². The average molecular weight is 392 g/mol. The van der Waals surface area contributed by atoms with E-state index in [2.05, 4.69) is 5.32 Å². The van der Waals surface area contributed by atoms with Gasteiger partial charge in [0, 0.05) is 25.9 Å². The van der Waals surface area contributed by atoms with Gasteiger partial charge in [-0.2, -0.15) is 0 Å². The number of rotatable bonds is 11. The Morgan fingerprint density at radius 2 is 1.76 bits per heavy atom. The molecule has 3 N–H and O–H groups in total. The van der Waals surface area contributed by atoms with Crippen LogP contribution in [0.1, 0.15) is 36.0 Å². The molecule has 0 aliphatic rings. The molecule has 1 aromatic carbocycles. The molecule has 0 aliphatic carbocycles. The lowest BCUT2D eigenvalue weighted by molar-refractivity contribution is 0.0952. The molecule has 25 heavy (non-hydrogen) atoms. The molecule has 0 saturated heterocycles. The third-order valence-corrected chi connectivity index (χ3v) is 5.70. The Hall–Kier alpha value is -1.25. The van der Waals surface area contributed by atoms with E-state index in [0.717, 1.165) is 25.7 Å². The summed E-state index contributed by atoms with van der Waals surface area (Å²) in [5, 5.41) is 7.77. The Morgan fingerprint density at radius 1 is 1.16 bits per heavy atom. The van der Waals surface area contributed by atoms with Crippen molar-refractivity contribution in [2.45, 2.75) is 30.6 Å². The minimum atomic E-state index is -3.76. The van der Waals surface area contributed by atoms with Gasteiger partial charge < -0.3 is 14.4 Å². The molecule has 10 heteroatoms. The van der Waals surface area contributed by atoms with E-state index in [1.807, 2.05) is 0 Å². The van der Waals surface area contributed by atoms with E-state index in [9.17, 15) is 17.8 Å². The maximum atomic E-state index is 11.9. The second kappa shape index (κ2) is 10.0. The first-order valence-electron chi connectivity index (χ1n) is 7.84. The summed E-state index contributed by atoms with van der Waals surface area (Å²) in [5.41, 5.74) is 0.374. The van der Waals surface area contributed by atoms with Gasteiger partial charge >= 0.3 is 7.60 Å². The van der Waals surface area contributed by atoms with E-state index in [4.69, 9.17) is 14.2 Å². The highest BCUT2D eigenvalue weighted by atomic mass is 32.2. The van der Waals surface area contributed by atoms with Crippen LogP contribution < -0.4 is 10.5 Å². The van der Waals surface area contributed by atoms with Gasteiger partial charge in [0.25, 0.3) is 5.91 Å². The summed E-state index contributed by atoms with van der Waals surface area (Å²) in [6.07, 6.45) is 3.36. The molecule has 0 aliphatic heterocycles. The lowest BCUT2D eigenvalue weighted by Gasteiger charge is -2.10. The second-order valence-electron chi connectivity index (χ2n) is 5.53. The smallest absolute Gasteiger partial charge is 0.327 e. The maximum absolute atomic E-state index is 11.9. The van der Waals surface area contributed by atoms with Crippen LogP contribution in [-0.4, -0.2) is 41.3 Å². The van der Waals surface area contributed by atoms with Gasteiger partial charge in [-0.15, -0.1) is 0 Å². The van der Waals surface area contributed by atoms with Crippen molar-refractivity contribution in [1.29, 1.82) is 0 Å². The quantitative estimate of drug-likeness (QED) is 0.439. The number of carbonyl (C=O) groups is 1. The number of benzene rings is 1. The van der Waals surface area contributed by atoms with Crippen molar-refractivity contribution in [1.82, 2.24) is 5.32 Å². The van der Waals surface area contributed by atoms with Crippen LogP contribution in [-0.2, 0) is 23.6 Å². The minimum Gasteiger partial charge on any atom is -0.352 e. The van der Waals surface area contributed by atoms with Crippen LogP contribution in [0.15, 0.2) is 29.2 Å². The van der Waals surface area contributed by atoms with Crippen LogP contribution in [0.25, 0.3) is 0 Å². The Labute approximate surface area is 148 Å². The summed E-state index contributed by atoms with van der Waals surface area (Å²) in [5.74, 6) is -0.267. The van der Waals surface area contributed by atoms with Crippen molar-refractivity contribution in [3.8, 4) is 0 Å². The van der Waals surface area contributed by atoms with Crippen molar-refractivity contribution < 1.29 is 26.8 Å². The Morgan fingerprint density at radius 3 is 2.32 bits per heavy atom. The third kappa shape index (κ3) is 8.60. The largest absolute Gasteiger partial charge is 0.352 e. The predicted molar refractivity (Wildman–Crippen MR) is 95.1 cm³/mol. The summed E-state index contributed by atoms with van der Waals surface area (Å²) < 4.78 is 43.6. The Kier molecular flexibility index (Phi) is 8.75. The molecule has 0 heterocycles. The summed E-state index contributed by atoms with van der Waals surface area (Å²) in [6.45, 7) is 2.32. The lowest BCUT2D eigenvalue weighted by atomic mass is 10.2. The van der Waals surface area contributed by atoms with Gasteiger partial charge in [-0.05, 0) is 37.1 Å². The van der Waals surface area contributed by atoms with Crippen LogP contribution in [0.5, 0.6) is 0 Å². The van der Waals surface area contributed by atoms with E-state index in [-0.39, 0.29) is 10.8 Å². The van der Waals surface area contributed by atoms with E-state index >= 15 is 0 Å². The summed E-state index contributed by atoms with van der Waals surface area (Å²) in [7, 11) is -5.30. The molecule has 1 aromatic rings. The maximum Gasteiger partial charge on any atom is 0.327 e. The molecule has 0 bridgehead atoms. The molecule has 1 unspecified atom stereocenters. The number of hydrogen-bond acceptors (Lipinski definition) is 6. The first-order valence-corrected chi connectivity index (χ1v) is 11.4. The highest BCUT2D eigenvalue weighted by Gasteiger charge is 2.13. The van der Waals surface area contributed by atoms with Crippen LogP contribution >= 0.6 is 7.60 Å². The molecular formula is C15H25N2O6PS. The highest BCUT2D eigenvalue weighted by molar-refractivity contribution is 7.89. The van der Waals surface area contributed by atoms with E-state index < -0.39 is 17.6 Å². The monoisotopic (exact) mass is 392 g/mol. The van der Waals surface area contributed by atoms with Gasteiger partial charge in [-0.25, -0.2) is 13.6 Å². The molecule has 0 aromatic heterocycles. The van der Waals surface area contributed by atoms with Crippen LogP contribution in [0.4, 0.5) is 0 Å². The standard InChI is InChI=1S/C15H25N2O6PS/c1-22-24(2,19)23-12-6-4-3-5-11-17-15(18)13-7-9-14(10-8-13)25(16,20)21/h7-10H,3-6,11-12H2,1-2H3,(H,17,18)(H2,16,20,21). The van der Waals surface area contributed by atoms with Crippen molar-refractivity contribution >= 4 is 23.5 Å². The van der Waals surface area contributed by atoms with Gasteiger partial charge in [0.2, 0.25) is 10.0 Å². The van der Waals surface area contributed by atoms with Crippen molar-refractivity contribution in [2.24, 2.45) is 5.14 Å². The molecule has 1 rings (SSSR count). The van der Waals surface area contributed by atoms with Crippen molar-refractivity contribution in [2.75, 3.05) is 26.9 Å². The zero-order chi connectivity index (χ0) is 18.9. The Balaban J connectivity index is 2.20. The minimum absolute atomic E-state index is 0.0311. The number of nitrogens with one attached hydrogen (secondary N) is 1. The van der Waals surface area contributed by atoms with E-state index in [0.29, 0.717) is 18.7 Å². The molecule has 8 nitrogen and oxygen atoms in total. The first-order chi connectivity index (χ1) is 11.7. The molecule has 1 atom stereocenters. The van der Waals surface area contributed by atoms with Gasteiger partial charge in [0.15, 0.2) is 0 Å². The number of hydrogen-bond donors (Lipinski definition) is 2. The fourth-order valence-electron chi connectivity index (χ4n) is 1.96. The summed E-state index contributed by atoms with van der Waals surface area (Å²) >= 11 is 0. The lowest BCUT2D eigenvalue weighted by Crippen LogP contribution is -2.24. The number of amides is 1. The number of nitrogens with two attached hydrogens (primary N) is 1. The topological polar surface area (TPSA) is 125 Å². The van der Waals surface area contributed by atoms with E-state index in [1.165, 1.54) is 38.0 Å². The SMILES string of the molecule is COP(C)(=O)OCCCCCCNC(=O)c1ccc(S(N)(=O)=O)cc1. The fraction of sp³-hybridized carbons (Fsp3) is 0.533. The third-order valence-electron chi connectivity index (χ3n) is 3.46. The molecule has 0 saturated carbocycles. The molecule has 0 radical (unpaired) electrons. The number of primary sulfonamides is 1. The van der Waals surface area contributed by atoms with Gasteiger partial charge in [0.1, 0.15) is 0 Å². The number of sulfonamides is 1. The van der Waals surface area contributed by atoms with E-state index in [1.54, 1.807) is 0 Å². The number of carbonyl (C=O) groups excluding carboxylic acids is 1. The normalized spacial score (nSPS) is 14.0. The average Bonchev–Trinajstić information content (AvgIpc) is 2.56. The fourth-order valence-corrected chi connectivity index (χ4v) is 3.05. The number of unbranched alkanes of at least 4 members (excludes halogenated alkanes) is 3. The second-order valence-corrected chi connectivity index (χ2v) is 9.25. The van der Waals surface area contributed by atoms with Crippen LogP contribution in [0, 0.1) is 0 Å². The molecule has 0 fully saturated rings. The van der Waals surface area contributed by atoms with Crippen LogP contribution in [0.2, 0.25) is 0 Å². The zero-order valence-electron chi connectivity index (χ0n) is 14.4. The van der Waals surface area contributed by atoms with Crippen molar-refractivity contribution in [3.63, 3.8) is 0 Å². The molecular weight excluding hydrogens is 367 g/mol. The summed E-state index contributed by atoms with van der Waals surface area (Å²) in [6, 6.07) is 5.45. The molecule has 1 amide bonds. The first kappa shape index (κ1) is 21.8. The molecule has 142 valence electrons.